The summed E-state index contributed by atoms with van der Waals surface area (Å²) in [5, 5.41) is 0. The van der Waals surface area contributed by atoms with E-state index in [2.05, 4.69) is 54.8 Å². The van der Waals surface area contributed by atoms with Gasteiger partial charge >= 0.3 is 0 Å². The van der Waals surface area contributed by atoms with E-state index < -0.39 is 10.1 Å². The second-order valence-corrected chi connectivity index (χ2v) is 9.20. The van der Waals surface area contributed by atoms with Crippen molar-refractivity contribution in [3.8, 4) is 0 Å². The molecule has 1 aliphatic rings. The Kier molecular flexibility index (Phi) is 6.42. The van der Waals surface area contributed by atoms with Crippen LogP contribution in [0.4, 0.5) is 0 Å². The summed E-state index contributed by atoms with van der Waals surface area (Å²) in [7, 11) is -3.37. The molecule has 1 aromatic carbocycles. The maximum Gasteiger partial charge on any atom is 0.264 e. The quantitative estimate of drug-likeness (QED) is 0.734. The molecular weight excluding hydrogens is 324 g/mol. The molecule has 6 heteroatoms. The van der Waals surface area contributed by atoms with E-state index in [-0.39, 0.29) is 12.1 Å². The van der Waals surface area contributed by atoms with Gasteiger partial charge < -0.3 is 0 Å². The molecule has 1 atom stereocenters. The summed E-state index contributed by atoms with van der Waals surface area (Å²) in [5.41, 5.74) is 1.38. The molecule has 2 rings (SSSR count). The van der Waals surface area contributed by atoms with E-state index in [4.69, 9.17) is 4.18 Å². The summed E-state index contributed by atoms with van der Waals surface area (Å²) < 4.78 is 27.4. The van der Waals surface area contributed by atoms with Crippen molar-refractivity contribution >= 4 is 10.1 Å². The molecule has 0 spiro atoms. The van der Waals surface area contributed by atoms with Gasteiger partial charge in [0.2, 0.25) is 0 Å². The predicted octanol–water partition coefficient (Wildman–Crippen LogP) is 2.34. The second kappa shape index (κ2) is 7.95. The van der Waals surface area contributed by atoms with Crippen LogP contribution in [0.5, 0.6) is 0 Å². The summed E-state index contributed by atoms with van der Waals surface area (Å²) in [6, 6.07) is 10.8. The van der Waals surface area contributed by atoms with Crippen LogP contribution in [-0.2, 0) is 20.8 Å². The first-order valence-electron chi connectivity index (χ1n) is 8.52. The fourth-order valence-corrected chi connectivity index (χ4v) is 3.77. The average molecular weight is 355 g/mol. The van der Waals surface area contributed by atoms with E-state index in [9.17, 15) is 8.42 Å². The summed E-state index contributed by atoms with van der Waals surface area (Å²) in [6.45, 7) is 10.8. The van der Waals surface area contributed by atoms with Crippen molar-refractivity contribution in [3.63, 3.8) is 0 Å². The van der Waals surface area contributed by atoms with Crippen LogP contribution in [0, 0.1) is 0 Å². The van der Waals surface area contributed by atoms with Crippen molar-refractivity contribution in [2.24, 2.45) is 0 Å². The molecule has 0 N–H and O–H groups in total. The first-order valence-corrected chi connectivity index (χ1v) is 10.3. The first-order chi connectivity index (χ1) is 11.1. The summed E-state index contributed by atoms with van der Waals surface area (Å²) in [6.07, 6.45) is 1.83. The highest BCUT2D eigenvalue weighted by Crippen LogP contribution is 2.24. The Morgan fingerprint density at radius 2 is 1.83 bits per heavy atom. The van der Waals surface area contributed by atoms with E-state index in [1.54, 1.807) is 0 Å². The molecule has 136 valence electrons. The molecule has 0 aliphatic carbocycles. The van der Waals surface area contributed by atoms with Crippen molar-refractivity contribution in [3.05, 3.63) is 35.9 Å². The van der Waals surface area contributed by atoms with Crippen LogP contribution in [0.1, 0.15) is 32.8 Å². The van der Waals surface area contributed by atoms with Crippen molar-refractivity contribution in [2.45, 2.75) is 45.3 Å². The van der Waals surface area contributed by atoms with E-state index in [1.165, 1.54) is 5.56 Å². The van der Waals surface area contributed by atoms with Gasteiger partial charge in [-0.1, -0.05) is 30.3 Å². The number of nitrogens with zero attached hydrogens (tertiary/aromatic N) is 2. The van der Waals surface area contributed by atoms with Gasteiger partial charge in [-0.2, -0.15) is 8.42 Å². The number of hydrogen-bond donors (Lipinski definition) is 0. The summed E-state index contributed by atoms with van der Waals surface area (Å²) in [4.78, 5) is 4.92. The van der Waals surface area contributed by atoms with Gasteiger partial charge in [0.1, 0.15) is 0 Å². The minimum Gasteiger partial charge on any atom is -0.296 e. The van der Waals surface area contributed by atoms with Crippen LogP contribution >= 0.6 is 0 Å². The fraction of sp³-hybridized carbons (Fsp3) is 0.667. The maximum absolute atomic E-state index is 11.2. The first kappa shape index (κ1) is 19.4. The monoisotopic (exact) mass is 354 g/mol. The predicted molar refractivity (Wildman–Crippen MR) is 97.4 cm³/mol. The maximum atomic E-state index is 11.2. The molecule has 0 amide bonds. The molecule has 1 saturated heterocycles. The third kappa shape index (κ3) is 6.16. The average Bonchev–Trinajstić information content (AvgIpc) is 2.46. The van der Waals surface area contributed by atoms with Crippen molar-refractivity contribution in [2.75, 3.05) is 32.5 Å². The number of hydrogen-bond acceptors (Lipinski definition) is 5. The lowest BCUT2D eigenvalue weighted by molar-refractivity contribution is -0.000801. The normalized spacial score (nSPS) is 21.1. The lowest BCUT2D eigenvalue weighted by Gasteiger charge is -2.48. The van der Waals surface area contributed by atoms with Crippen LogP contribution in [0.2, 0.25) is 0 Å². The summed E-state index contributed by atoms with van der Waals surface area (Å²) in [5.74, 6) is 0. The lowest BCUT2D eigenvalue weighted by atomic mass is 9.98. The van der Waals surface area contributed by atoms with E-state index in [1.807, 2.05) is 6.07 Å². The Morgan fingerprint density at radius 3 is 2.42 bits per heavy atom. The number of piperazine rings is 1. The molecule has 0 bridgehead atoms. The number of rotatable bonds is 6. The zero-order chi connectivity index (χ0) is 17.8. The Morgan fingerprint density at radius 1 is 1.17 bits per heavy atom. The van der Waals surface area contributed by atoms with E-state index >= 15 is 0 Å². The lowest BCUT2D eigenvalue weighted by Crippen LogP contribution is -2.59. The molecule has 0 aromatic heterocycles. The molecule has 0 saturated carbocycles. The zero-order valence-electron chi connectivity index (χ0n) is 15.2. The van der Waals surface area contributed by atoms with Gasteiger partial charge in [-0.15, -0.1) is 0 Å². The van der Waals surface area contributed by atoms with Crippen LogP contribution in [0.25, 0.3) is 0 Å². The van der Waals surface area contributed by atoms with Gasteiger partial charge in [0, 0.05) is 37.8 Å². The van der Waals surface area contributed by atoms with Gasteiger partial charge in [0.05, 0.1) is 12.9 Å². The highest BCUT2D eigenvalue weighted by molar-refractivity contribution is 7.85. The molecule has 1 fully saturated rings. The zero-order valence-corrected chi connectivity index (χ0v) is 16.1. The highest BCUT2D eigenvalue weighted by atomic mass is 32.2. The number of benzene rings is 1. The van der Waals surface area contributed by atoms with Gasteiger partial charge in [0.25, 0.3) is 10.1 Å². The Labute approximate surface area is 146 Å². The van der Waals surface area contributed by atoms with Crippen molar-refractivity contribution in [1.29, 1.82) is 0 Å². The van der Waals surface area contributed by atoms with Crippen molar-refractivity contribution in [1.82, 2.24) is 9.80 Å². The van der Waals surface area contributed by atoms with Gasteiger partial charge in [0.15, 0.2) is 0 Å². The van der Waals surface area contributed by atoms with Crippen LogP contribution < -0.4 is 0 Å². The minimum atomic E-state index is -3.37. The molecular formula is C18H30N2O3S. The highest BCUT2D eigenvalue weighted by Gasteiger charge is 2.33. The van der Waals surface area contributed by atoms with Crippen LogP contribution in [-0.4, -0.2) is 62.3 Å². The van der Waals surface area contributed by atoms with Crippen molar-refractivity contribution < 1.29 is 12.6 Å². The van der Waals surface area contributed by atoms with E-state index in [0.29, 0.717) is 6.04 Å². The standard InChI is InChI=1S/C18H30N2O3S/c1-18(2,3)20-12-11-19(14-16-8-6-5-7-9-16)15-17(20)10-13-23-24(4,21)22/h5-9,17H,10-15H2,1-4H3/t17-/m1/s1. The van der Waals surface area contributed by atoms with Gasteiger partial charge in [-0.05, 0) is 32.8 Å². The largest absolute Gasteiger partial charge is 0.296 e. The molecule has 0 unspecified atom stereocenters. The summed E-state index contributed by atoms with van der Waals surface area (Å²) >= 11 is 0. The molecule has 24 heavy (non-hydrogen) atoms. The Bertz CT molecular complexity index is 611. The third-order valence-corrected chi connectivity index (χ3v) is 5.02. The minimum absolute atomic E-state index is 0.0641. The molecule has 1 aliphatic heterocycles. The SMILES string of the molecule is CC(C)(C)N1CCN(Cc2ccccc2)C[C@H]1CCOS(C)(=O)=O. The smallest absolute Gasteiger partial charge is 0.264 e. The molecule has 0 radical (unpaired) electrons. The van der Waals surface area contributed by atoms with Gasteiger partial charge in [-0.3, -0.25) is 14.0 Å². The van der Waals surface area contributed by atoms with Crippen LogP contribution in [0.15, 0.2) is 30.3 Å². The molecule has 1 aromatic rings. The Hall–Kier alpha value is -0.950. The van der Waals surface area contributed by atoms with Gasteiger partial charge in [-0.25, -0.2) is 0 Å². The fourth-order valence-electron chi connectivity index (χ4n) is 3.37. The second-order valence-electron chi connectivity index (χ2n) is 7.55. The van der Waals surface area contributed by atoms with E-state index in [0.717, 1.165) is 38.9 Å². The Balaban J connectivity index is 1.99. The molecule has 1 heterocycles. The molecule has 5 nitrogen and oxygen atoms in total. The third-order valence-electron chi connectivity index (χ3n) is 4.43. The van der Waals surface area contributed by atoms with Crippen LogP contribution in [0.3, 0.4) is 0 Å². The topological polar surface area (TPSA) is 49.9 Å².